The van der Waals surface area contributed by atoms with Crippen molar-refractivity contribution < 1.29 is 9.90 Å². The van der Waals surface area contributed by atoms with Gasteiger partial charge in [-0.3, -0.25) is 0 Å². The van der Waals surface area contributed by atoms with E-state index in [-0.39, 0.29) is 0 Å². The van der Waals surface area contributed by atoms with Gasteiger partial charge in [-0.2, -0.15) is 0 Å². The van der Waals surface area contributed by atoms with Gasteiger partial charge >= 0.3 is 5.97 Å². The zero-order valence-corrected chi connectivity index (χ0v) is 11.4. The Morgan fingerprint density at radius 2 is 2.21 bits per heavy atom. The molecule has 2 N–H and O–H groups in total. The number of benzene rings is 1. The number of nitrogens with one attached hydrogen (secondary N) is 1. The van der Waals surface area contributed by atoms with E-state index in [2.05, 4.69) is 5.32 Å². The zero-order valence-electron chi connectivity index (χ0n) is 11.4. The van der Waals surface area contributed by atoms with Gasteiger partial charge in [0, 0.05) is 6.54 Å². The molecule has 2 bridgehead atoms. The van der Waals surface area contributed by atoms with E-state index in [1.165, 1.54) is 25.7 Å². The SMILES string of the molecule is Cc1cccc(C(=O)O)c1NCC1CC2CCC1C2. The van der Waals surface area contributed by atoms with E-state index < -0.39 is 5.97 Å². The number of rotatable bonds is 4. The molecule has 2 aliphatic rings. The number of aryl methyl sites for hydroxylation is 1. The lowest BCUT2D eigenvalue weighted by Crippen LogP contribution is -2.21. The minimum Gasteiger partial charge on any atom is -0.478 e. The first-order valence-corrected chi connectivity index (χ1v) is 7.22. The maximum absolute atomic E-state index is 11.3. The van der Waals surface area contributed by atoms with Crippen LogP contribution in [0.25, 0.3) is 0 Å². The topological polar surface area (TPSA) is 49.3 Å². The summed E-state index contributed by atoms with van der Waals surface area (Å²) in [6, 6.07) is 5.45. The second kappa shape index (κ2) is 4.87. The van der Waals surface area contributed by atoms with Gasteiger partial charge < -0.3 is 10.4 Å². The van der Waals surface area contributed by atoms with Crippen LogP contribution in [-0.4, -0.2) is 17.6 Å². The second-order valence-electron chi connectivity index (χ2n) is 6.12. The van der Waals surface area contributed by atoms with E-state index in [1.54, 1.807) is 6.07 Å². The molecule has 0 heterocycles. The molecule has 3 rings (SSSR count). The van der Waals surface area contributed by atoms with Crippen molar-refractivity contribution in [3.8, 4) is 0 Å². The molecule has 0 amide bonds. The van der Waals surface area contributed by atoms with Crippen LogP contribution >= 0.6 is 0 Å². The van der Waals surface area contributed by atoms with E-state index in [1.807, 2.05) is 19.1 Å². The van der Waals surface area contributed by atoms with Crippen LogP contribution in [-0.2, 0) is 0 Å². The predicted molar refractivity (Wildman–Crippen MR) is 75.6 cm³/mol. The van der Waals surface area contributed by atoms with Crippen LogP contribution in [0.2, 0.25) is 0 Å². The largest absolute Gasteiger partial charge is 0.478 e. The van der Waals surface area contributed by atoms with E-state index in [0.717, 1.165) is 35.5 Å². The van der Waals surface area contributed by atoms with Gasteiger partial charge in [0.2, 0.25) is 0 Å². The van der Waals surface area contributed by atoms with Crippen molar-refractivity contribution in [2.45, 2.75) is 32.6 Å². The molecule has 0 aromatic heterocycles. The quantitative estimate of drug-likeness (QED) is 0.869. The molecule has 0 aliphatic heterocycles. The molecular formula is C16H21NO2. The number of para-hydroxylation sites is 1. The summed E-state index contributed by atoms with van der Waals surface area (Å²) >= 11 is 0. The molecule has 1 aromatic rings. The summed E-state index contributed by atoms with van der Waals surface area (Å²) in [5.74, 6) is 1.70. The molecule has 2 fully saturated rings. The molecule has 0 radical (unpaired) electrons. The lowest BCUT2D eigenvalue weighted by Gasteiger charge is -2.23. The fourth-order valence-electron chi connectivity index (χ4n) is 3.94. The number of anilines is 1. The molecule has 2 aliphatic carbocycles. The van der Waals surface area contributed by atoms with Gasteiger partial charge in [-0.25, -0.2) is 4.79 Å². The van der Waals surface area contributed by atoms with Gasteiger partial charge in [0.15, 0.2) is 0 Å². The van der Waals surface area contributed by atoms with Gasteiger partial charge in [-0.1, -0.05) is 18.6 Å². The highest BCUT2D eigenvalue weighted by Gasteiger charge is 2.39. The molecule has 3 atom stereocenters. The molecule has 3 nitrogen and oxygen atoms in total. The van der Waals surface area contributed by atoms with Gasteiger partial charge in [0.25, 0.3) is 0 Å². The number of carboxylic acids is 1. The molecule has 1 aromatic carbocycles. The summed E-state index contributed by atoms with van der Waals surface area (Å²) in [7, 11) is 0. The second-order valence-corrected chi connectivity index (χ2v) is 6.12. The first kappa shape index (κ1) is 12.5. The minimum atomic E-state index is -0.848. The summed E-state index contributed by atoms with van der Waals surface area (Å²) in [5.41, 5.74) is 2.21. The number of carboxylic acid groups (broad SMARTS) is 1. The van der Waals surface area contributed by atoms with Crippen LogP contribution in [0.1, 0.15) is 41.6 Å². The molecule has 3 unspecified atom stereocenters. The zero-order chi connectivity index (χ0) is 13.4. The van der Waals surface area contributed by atoms with Gasteiger partial charge in [0.1, 0.15) is 0 Å². The predicted octanol–water partition coefficient (Wildman–Crippen LogP) is 3.54. The van der Waals surface area contributed by atoms with E-state index in [4.69, 9.17) is 0 Å². The normalized spacial score (nSPS) is 28.6. The van der Waals surface area contributed by atoms with Crippen LogP contribution in [0.5, 0.6) is 0 Å². The first-order chi connectivity index (χ1) is 9.15. The average Bonchev–Trinajstić information content (AvgIpc) is 2.99. The van der Waals surface area contributed by atoms with Crippen molar-refractivity contribution in [3.05, 3.63) is 29.3 Å². The number of fused-ring (bicyclic) bond motifs is 2. The summed E-state index contributed by atoms with van der Waals surface area (Å²) in [4.78, 5) is 11.3. The Labute approximate surface area is 114 Å². The Balaban J connectivity index is 1.71. The van der Waals surface area contributed by atoms with Crippen LogP contribution in [0, 0.1) is 24.7 Å². The third-order valence-electron chi connectivity index (χ3n) is 4.93. The smallest absolute Gasteiger partial charge is 0.337 e. The number of carbonyl (C=O) groups is 1. The number of hydrogen-bond donors (Lipinski definition) is 2. The Morgan fingerprint density at radius 3 is 2.84 bits per heavy atom. The van der Waals surface area contributed by atoms with Crippen molar-refractivity contribution in [2.24, 2.45) is 17.8 Å². The first-order valence-electron chi connectivity index (χ1n) is 7.22. The van der Waals surface area contributed by atoms with Crippen molar-refractivity contribution in [3.63, 3.8) is 0 Å². The highest BCUT2D eigenvalue weighted by molar-refractivity contribution is 5.95. The van der Waals surface area contributed by atoms with Crippen LogP contribution in [0.15, 0.2) is 18.2 Å². The molecule has 102 valence electrons. The van der Waals surface area contributed by atoms with Gasteiger partial charge in [-0.05, 0) is 55.6 Å². The highest BCUT2D eigenvalue weighted by Crippen LogP contribution is 2.48. The Hall–Kier alpha value is -1.51. The molecular weight excluding hydrogens is 238 g/mol. The maximum Gasteiger partial charge on any atom is 0.337 e. The van der Waals surface area contributed by atoms with Gasteiger partial charge in [0.05, 0.1) is 11.3 Å². The Morgan fingerprint density at radius 1 is 1.37 bits per heavy atom. The summed E-state index contributed by atoms with van der Waals surface area (Å²) in [5, 5.41) is 12.7. The van der Waals surface area contributed by atoms with Crippen LogP contribution in [0.4, 0.5) is 5.69 Å². The van der Waals surface area contributed by atoms with E-state index >= 15 is 0 Å². The lowest BCUT2D eigenvalue weighted by molar-refractivity contribution is 0.0698. The van der Waals surface area contributed by atoms with Crippen molar-refractivity contribution in [1.29, 1.82) is 0 Å². The fourth-order valence-corrected chi connectivity index (χ4v) is 3.94. The van der Waals surface area contributed by atoms with Crippen molar-refractivity contribution in [2.75, 3.05) is 11.9 Å². The molecule has 0 spiro atoms. The molecule has 19 heavy (non-hydrogen) atoms. The summed E-state index contributed by atoms with van der Waals surface area (Å²) in [6.07, 6.45) is 5.50. The summed E-state index contributed by atoms with van der Waals surface area (Å²) in [6.45, 7) is 2.89. The van der Waals surface area contributed by atoms with Crippen LogP contribution in [0.3, 0.4) is 0 Å². The molecule has 3 heteroatoms. The van der Waals surface area contributed by atoms with E-state index in [9.17, 15) is 9.90 Å². The average molecular weight is 259 g/mol. The highest BCUT2D eigenvalue weighted by atomic mass is 16.4. The third kappa shape index (κ3) is 2.34. The standard InChI is InChI=1S/C16H21NO2/c1-10-3-2-4-14(16(18)19)15(10)17-9-13-8-11-5-6-12(13)7-11/h2-4,11-13,17H,5-9H2,1H3,(H,18,19). The number of hydrogen-bond acceptors (Lipinski definition) is 2. The summed E-state index contributed by atoms with van der Waals surface area (Å²) < 4.78 is 0. The Bertz CT molecular complexity index is 498. The van der Waals surface area contributed by atoms with E-state index in [0.29, 0.717) is 5.56 Å². The monoisotopic (exact) mass is 259 g/mol. The maximum atomic E-state index is 11.3. The molecule has 0 saturated heterocycles. The number of aromatic carboxylic acids is 1. The molecule has 2 saturated carbocycles. The fraction of sp³-hybridized carbons (Fsp3) is 0.562. The Kier molecular flexibility index (Phi) is 3.21. The third-order valence-corrected chi connectivity index (χ3v) is 4.93. The van der Waals surface area contributed by atoms with Crippen LogP contribution < -0.4 is 5.32 Å². The van der Waals surface area contributed by atoms with Gasteiger partial charge in [-0.15, -0.1) is 0 Å². The van der Waals surface area contributed by atoms with Crippen molar-refractivity contribution in [1.82, 2.24) is 0 Å². The minimum absolute atomic E-state index is 0.392. The lowest BCUT2D eigenvalue weighted by atomic mass is 9.88. The van der Waals surface area contributed by atoms with Crippen molar-refractivity contribution >= 4 is 11.7 Å².